The third-order valence-electron chi connectivity index (χ3n) is 1.47. The monoisotopic (exact) mass is 235 g/mol. The molecule has 0 amide bonds. The van der Waals surface area contributed by atoms with Crippen molar-refractivity contribution in [3.63, 3.8) is 0 Å². The summed E-state index contributed by atoms with van der Waals surface area (Å²) in [5, 5.41) is 0. The van der Waals surface area contributed by atoms with E-state index in [9.17, 15) is 8.78 Å². The number of anilines is 1. The van der Waals surface area contributed by atoms with Crippen molar-refractivity contribution in [3.05, 3.63) is 28.2 Å². The first-order chi connectivity index (χ1) is 5.52. The molecule has 0 aromatic heterocycles. The van der Waals surface area contributed by atoms with Crippen LogP contribution in [0.3, 0.4) is 0 Å². The van der Waals surface area contributed by atoms with Crippen LogP contribution in [0.5, 0.6) is 0 Å². The van der Waals surface area contributed by atoms with Crippen LogP contribution < -0.4 is 4.90 Å². The summed E-state index contributed by atoms with van der Waals surface area (Å²) in [7, 11) is 3.39. The normalized spacial score (nSPS) is 10.1. The zero-order chi connectivity index (χ0) is 9.30. The summed E-state index contributed by atoms with van der Waals surface area (Å²) in [5.74, 6) is -1.14. The first-order valence-corrected chi connectivity index (χ1v) is 4.13. The second-order valence-corrected chi connectivity index (χ2v) is 3.47. The van der Waals surface area contributed by atoms with Gasteiger partial charge >= 0.3 is 0 Å². The number of hydrogen-bond donors (Lipinski definition) is 0. The summed E-state index contributed by atoms with van der Waals surface area (Å²) in [4.78, 5) is 1.58. The summed E-state index contributed by atoms with van der Waals surface area (Å²) in [6.45, 7) is 0. The molecule has 1 aromatic carbocycles. The van der Waals surface area contributed by atoms with E-state index in [2.05, 4.69) is 15.9 Å². The zero-order valence-electron chi connectivity index (χ0n) is 6.74. The first kappa shape index (κ1) is 9.45. The van der Waals surface area contributed by atoms with Crippen molar-refractivity contribution >= 4 is 21.6 Å². The van der Waals surface area contributed by atoms with E-state index in [0.717, 1.165) is 6.07 Å². The van der Waals surface area contributed by atoms with Gasteiger partial charge < -0.3 is 4.90 Å². The molecule has 1 aromatic rings. The molecule has 1 rings (SSSR count). The van der Waals surface area contributed by atoms with Gasteiger partial charge in [0.15, 0.2) is 0 Å². The molecule has 0 heterocycles. The molecule has 1 nitrogen and oxygen atoms in total. The van der Waals surface area contributed by atoms with Gasteiger partial charge in [-0.3, -0.25) is 0 Å². The maximum absolute atomic E-state index is 13.0. The fourth-order valence-corrected chi connectivity index (χ4v) is 1.19. The minimum Gasteiger partial charge on any atom is -0.375 e. The van der Waals surface area contributed by atoms with Gasteiger partial charge in [0, 0.05) is 20.2 Å². The Morgan fingerprint density at radius 1 is 1.17 bits per heavy atom. The fraction of sp³-hybridized carbons (Fsp3) is 0.250. The van der Waals surface area contributed by atoms with Crippen LogP contribution in [-0.4, -0.2) is 14.1 Å². The number of halogens is 3. The Morgan fingerprint density at radius 3 is 2.25 bits per heavy atom. The van der Waals surface area contributed by atoms with Crippen LogP contribution in [0, 0.1) is 11.6 Å². The molecule has 4 heteroatoms. The fourth-order valence-electron chi connectivity index (χ4n) is 0.855. The molecule has 0 aliphatic heterocycles. The first-order valence-electron chi connectivity index (χ1n) is 3.34. The molecule has 0 spiro atoms. The maximum Gasteiger partial charge on any atom is 0.149 e. The highest BCUT2D eigenvalue weighted by molar-refractivity contribution is 9.10. The predicted octanol–water partition coefficient (Wildman–Crippen LogP) is 2.79. The zero-order valence-corrected chi connectivity index (χ0v) is 8.32. The van der Waals surface area contributed by atoms with Crippen molar-refractivity contribution in [2.24, 2.45) is 0 Å². The van der Waals surface area contributed by atoms with Gasteiger partial charge in [0.2, 0.25) is 0 Å². The molecule has 0 radical (unpaired) electrons. The lowest BCUT2D eigenvalue weighted by atomic mass is 10.3. The van der Waals surface area contributed by atoms with E-state index >= 15 is 0 Å². The van der Waals surface area contributed by atoms with Gasteiger partial charge in [-0.15, -0.1) is 0 Å². The van der Waals surface area contributed by atoms with Crippen molar-refractivity contribution in [2.45, 2.75) is 0 Å². The molecule has 0 aliphatic rings. The molecular formula is C8H8BrF2N. The molecule has 12 heavy (non-hydrogen) atoms. The van der Waals surface area contributed by atoms with E-state index in [-0.39, 0.29) is 4.47 Å². The quantitative estimate of drug-likeness (QED) is 0.677. The van der Waals surface area contributed by atoms with Crippen LogP contribution in [-0.2, 0) is 0 Å². The molecule has 0 aliphatic carbocycles. The molecule has 0 N–H and O–H groups in total. The lowest BCUT2D eigenvalue weighted by Gasteiger charge is -2.13. The van der Waals surface area contributed by atoms with E-state index in [1.165, 1.54) is 6.07 Å². The average molecular weight is 236 g/mol. The third kappa shape index (κ3) is 1.75. The Balaban J connectivity index is 3.23. The number of nitrogens with zero attached hydrogens (tertiary/aromatic N) is 1. The molecule has 0 saturated heterocycles. The molecular weight excluding hydrogens is 228 g/mol. The molecule has 0 saturated carbocycles. The van der Waals surface area contributed by atoms with Crippen LogP contribution >= 0.6 is 15.9 Å². The van der Waals surface area contributed by atoms with Gasteiger partial charge in [-0.05, 0) is 22.0 Å². The van der Waals surface area contributed by atoms with E-state index in [1.807, 2.05) is 0 Å². The number of rotatable bonds is 1. The molecule has 66 valence electrons. The van der Waals surface area contributed by atoms with Crippen LogP contribution in [0.25, 0.3) is 0 Å². The van der Waals surface area contributed by atoms with Crippen LogP contribution in [0.4, 0.5) is 14.5 Å². The van der Waals surface area contributed by atoms with Crippen molar-refractivity contribution in [2.75, 3.05) is 19.0 Å². The smallest absolute Gasteiger partial charge is 0.149 e. The Morgan fingerprint density at radius 2 is 1.75 bits per heavy atom. The highest BCUT2D eigenvalue weighted by Gasteiger charge is 2.08. The molecule has 0 unspecified atom stereocenters. The summed E-state index contributed by atoms with van der Waals surface area (Å²) in [5.41, 5.74) is 0.364. The SMILES string of the molecule is CN(C)c1cc(Br)c(F)cc1F. The van der Waals surface area contributed by atoms with Gasteiger partial charge in [-0.2, -0.15) is 0 Å². The van der Waals surface area contributed by atoms with E-state index in [0.29, 0.717) is 5.69 Å². The second-order valence-electron chi connectivity index (χ2n) is 2.61. The predicted molar refractivity (Wildman–Crippen MR) is 48.4 cm³/mol. The maximum atomic E-state index is 13.0. The molecule has 0 atom stereocenters. The largest absolute Gasteiger partial charge is 0.375 e. The third-order valence-corrected chi connectivity index (χ3v) is 2.08. The average Bonchev–Trinajstić information content (AvgIpc) is 1.96. The minimum absolute atomic E-state index is 0.271. The number of hydrogen-bond acceptors (Lipinski definition) is 1. The van der Waals surface area contributed by atoms with E-state index < -0.39 is 11.6 Å². The van der Waals surface area contributed by atoms with Crippen molar-refractivity contribution in [3.8, 4) is 0 Å². The van der Waals surface area contributed by atoms with Gasteiger partial charge in [-0.25, -0.2) is 8.78 Å². The van der Waals surface area contributed by atoms with Gasteiger partial charge in [-0.1, -0.05) is 0 Å². The Bertz CT molecular complexity index is 299. The molecule has 0 bridgehead atoms. The van der Waals surface area contributed by atoms with Crippen LogP contribution in [0.1, 0.15) is 0 Å². The standard InChI is InChI=1S/C8H8BrF2N/c1-12(2)8-3-5(9)6(10)4-7(8)11/h3-4H,1-2H3. The van der Waals surface area contributed by atoms with Crippen LogP contribution in [0.2, 0.25) is 0 Å². The molecule has 0 fully saturated rings. The number of benzene rings is 1. The minimum atomic E-state index is -0.585. The highest BCUT2D eigenvalue weighted by atomic mass is 79.9. The van der Waals surface area contributed by atoms with Gasteiger partial charge in [0.1, 0.15) is 11.6 Å². The van der Waals surface area contributed by atoms with Gasteiger partial charge in [0.25, 0.3) is 0 Å². The van der Waals surface area contributed by atoms with Crippen molar-refractivity contribution in [1.29, 1.82) is 0 Å². The lowest BCUT2D eigenvalue weighted by Crippen LogP contribution is -2.10. The second kappa shape index (κ2) is 3.39. The Hall–Kier alpha value is -0.640. The van der Waals surface area contributed by atoms with E-state index in [4.69, 9.17) is 0 Å². The lowest BCUT2D eigenvalue weighted by molar-refractivity contribution is 0.578. The highest BCUT2D eigenvalue weighted by Crippen LogP contribution is 2.24. The summed E-state index contributed by atoms with van der Waals surface area (Å²) >= 11 is 2.98. The summed E-state index contributed by atoms with van der Waals surface area (Å²) < 4.78 is 26.0. The summed E-state index contributed by atoms with van der Waals surface area (Å²) in [6, 6.07) is 2.27. The van der Waals surface area contributed by atoms with Crippen molar-refractivity contribution < 1.29 is 8.78 Å². The van der Waals surface area contributed by atoms with Gasteiger partial charge in [0.05, 0.1) is 10.2 Å². The Kier molecular flexibility index (Phi) is 2.67. The Labute approximate surface area is 78.1 Å². The van der Waals surface area contributed by atoms with Crippen molar-refractivity contribution in [1.82, 2.24) is 0 Å². The van der Waals surface area contributed by atoms with E-state index in [1.54, 1.807) is 19.0 Å². The topological polar surface area (TPSA) is 3.24 Å². The van der Waals surface area contributed by atoms with Crippen LogP contribution in [0.15, 0.2) is 16.6 Å². The summed E-state index contributed by atoms with van der Waals surface area (Å²) in [6.07, 6.45) is 0.